The molecule has 2 fully saturated rings. The van der Waals surface area contributed by atoms with Crippen LogP contribution in [0.1, 0.15) is 64.9 Å². The molecule has 0 bridgehead atoms. The van der Waals surface area contributed by atoms with Gasteiger partial charge in [-0.3, -0.25) is 4.98 Å². The second-order valence-corrected chi connectivity index (χ2v) is 9.71. The summed E-state index contributed by atoms with van der Waals surface area (Å²) in [6, 6.07) is 1.91. The number of piperidine rings is 1. The molecule has 1 aromatic rings. The lowest BCUT2D eigenvalue weighted by Gasteiger charge is -2.48. The number of hydrogen-bond donors (Lipinski definition) is 1. The van der Waals surface area contributed by atoms with E-state index in [0.717, 1.165) is 61.7 Å². The molecule has 144 valence electrons. The van der Waals surface area contributed by atoms with Crippen LogP contribution in [-0.2, 0) is 10.3 Å². The van der Waals surface area contributed by atoms with Crippen molar-refractivity contribution < 1.29 is 14.6 Å². The van der Waals surface area contributed by atoms with E-state index in [1.54, 1.807) is 12.4 Å². The van der Waals surface area contributed by atoms with Crippen LogP contribution < -0.4 is 0 Å². The number of carbonyl (C=O) groups excluding carboxylic acids is 1. The van der Waals surface area contributed by atoms with E-state index in [1.807, 2.05) is 31.7 Å². The van der Waals surface area contributed by atoms with Gasteiger partial charge in [-0.2, -0.15) is 0 Å². The molecule has 1 aliphatic heterocycles. The lowest BCUT2D eigenvalue weighted by Crippen LogP contribution is -2.47. The summed E-state index contributed by atoms with van der Waals surface area (Å²) in [7, 11) is 0. The van der Waals surface area contributed by atoms with Gasteiger partial charge in [0.1, 0.15) is 5.60 Å². The molecule has 1 aromatic heterocycles. The Morgan fingerprint density at radius 2 is 1.81 bits per heavy atom. The van der Waals surface area contributed by atoms with E-state index in [4.69, 9.17) is 4.74 Å². The first-order valence-electron chi connectivity index (χ1n) is 9.43. The minimum absolute atomic E-state index is 0.208. The molecular weight excluding hydrogens is 396 g/mol. The summed E-state index contributed by atoms with van der Waals surface area (Å²) in [5.74, 6) is 0. The first-order valence-corrected chi connectivity index (χ1v) is 10.2. The van der Waals surface area contributed by atoms with Gasteiger partial charge >= 0.3 is 6.09 Å². The molecule has 1 aliphatic carbocycles. The standard InChI is InChI=1S/C20H29BrN2O3/c1-18(2,3)26-17(24)23-12-9-19(10-13-23)5-7-20(25,8-6-19)15-4-11-22-14-16(15)21/h4,11,14,25H,5-10,12-13H2,1-3H3. The van der Waals surface area contributed by atoms with E-state index in [0.29, 0.717) is 0 Å². The van der Waals surface area contributed by atoms with Gasteiger partial charge in [-0.05, 0) is 86.7 Å². The molecule has 2 heterocycles. The third-order valence-corrected chi connectivity index (χ3v) is 6.52. The van der Waals surface area contributed by atoms with Gasteiger partial charge in [0.05, 0.1) is 5.60 Å². The molecule has 1 spiro atoms. The van der Waals surface area contributed by atoms with Crippen molar-refractivity contribution in [2.75, 3.05) is 13.1 Å². The third kappa shape index (κ3) is 4.22. The first kappa shape index (κ1) is 19.6. The zero-order valence-electron chi connectivity index (χ0n) is 15.9. The average Bonchev–Trinajstić information content (AvgIpc) is 2.57. The number of halogens is 1. The predicted octanol–water partition coefficient (Wildman–Crippen LogP) is 4.62. The SMILES string of the molecule is CC(C)(C)OC(=O)N1CCC2(CC1)CCC(O)(c1ccncc1Br)CC2. The molecule has 0 atom stereocenters. The molecule has 1 amide bonds. The Balaban J connectivity index is 1.59. The van der Waals surface area contributed by atoms with Crippen LogP contribution in [0.15, 0.2) is 22.9 Å². The van der Waals surface area contributed by atoms with Crippen molar-refractivity contribution in [3.8, 4) is 0 Å². The Bertz CT molecular complexity index is 653. The van der Waals surface area contributed by atoms with Crippen LogP contribution in [0.3, 0.4) is 0 Å². The molecule has 1 N–H and O–H groups in total. The smallest absolute Gasteiger partial charge is 0.410 e. The molecule has 0 aromatic carbocycles. The van der Waals surface area contributed by atoms with Gasteiger partial charge in [0.25, 0.3) is 0 Å². The Hall–Kier alpha value is -1.14. The largest absolute Gasteiger partial charge is 0.444 e. The van der Waals surface area contributed by atoms with E-state index in [9.17, 15) is 9.90 Å². The lowest BCUT2D eigenvalue weighted by atomic mass is 9.63. The number of carbonyl (C=O) groups is 1. The number of hydrogen-bond acceptors (Lipinski definition) is 4. The summed E-state index contributed by atoms with van der Waals surface area (Å²) < 4.78 is 6.37. The van der Waals surface area contributed by atoms with E-state index < -0.39 is 11.2 Å². The van der Waals surface area contributed by atoms with Crippen LogP contribution in [0.4, 0.5) is 4.79 Å². The summed E-state index contributed by atoms with van der Waals surface area (Å²) in [6.45, 7) is 7.18. The highest BCUT2D eigenvalue weighted by Gasteiger charge is 2.45. The minimum Gasteiger partial charge on any atom is -0.444 e. The number of nitrogens with zero attached hydrogens (tertiary/aromatic N) is 2. The highest BCUT2D eigenvalue weighted by molar-refractivity contribution is 9.10. The quantitative estimate of drug-likeness (QED) is 0.713. The number of aromatic nitrogens is 1. The number of rotatable bonds is 1. The molecule has 0 unspecified atom stereocenters. The fourth-order valence-corrected chi connectivity index (χ4v) is 4.83. The van der Waals surface area contributed by atoms with Crippen LogP contribution in [0.2, 0.25) is 0 Å². The fourth-order valence-electron chi connectivity index (χ4n) is 4.21. The Labute approximate surface area is 164 Å². The molecule has 6 heteroatoms. The number of ether oxygens (including phenoxy) is 1. The molecule has 1 saturated heterocycles. The predicted molar refractivity (Wildman–Crippen MR) is 104 cm³/mol. The fraction of sp³-hybridized carbons (Fsp3) is 0.700. The van der Waals surface area contributed by atoms with Gasteiger partial charge in [0.15, 0.2) is 0 Å². The van der Waals surface area contributed by atoms with Crippen LogP contribution >= 0.6 is 15.9 Å². The second-order valence-electron chi connectivity index (χ2n) is 8.85. The summed E-state index contributed by atoms with van der Waals surface area (Å²) in [6.07, 6.45) is 8.73. The van der Waals surface area contributed by atoms with E-state index in [-0.39, 0.29) is 11.5 Å². The van der Waals surface area contributed by atoms with Gasteiger partial charge in [0, 0.05) is 35.5 Å². The molecule has 0 radical (unpaired) electrons. The Morgan fingerprint density at radius 1 is 1.19 bits per heavy atom. The van der Waals surface area contributed by atoms with Gasteiger partial charge in [0.2, 0.25) is 0 Å². The maximum Gasteiger partial charge on any atom is 0.410 e. The highest BCUT2D eigenvalue weighted by Crippen LogP contribution is 2.51. The molecular formula is C20H29BrN2O3. The zero-order chi connectivity index (χ0) is 19.0. The first-order chi connectivity index (χ1) is 12.1. The lowest BCUT2D eigenvalue weighted by molar-refractivity contribution is -0.0586. The van der Waals surface area contributed by atoms with Crippen LogP contribution in [0, 0.1) is 5.41 Å². The normalized spacial score (nSPS) is 22.3. The van der Waals surface area contributed by atoms with Crippen molar-refractivity contribution in [3.05, 3.63) is 28.5 Å². The zero-order valence-corrected chi connectivity index (χ0v) is 17.5. The highest BCUT2D eigenvalue weighted by atomic mass is 79.9. The van der Waals surface area contributed by atoms with Crippen molar-refractivity contribution in [2.24, 2.45) is 5.41 Å². The Morgan fingerprint density at radius 3 is 2.35 bits per heavy atom. The van der Waals surface area contributed by atoms with Crippen molar-refractivity contribution >= 4 is 22.0 Å². The average molecular weight is 425 g/mol. The summed E-state index contributed by atoms with van der Waals surface area (Å²) in [4.78, 5) is 18.2. The summed E-state index contributed by atoms with van der Waals surface area (Å²) in [5.41, 5.74) is -0.0565. The molecule has 5 nitrogen and oxygen atoms in total. The Kier molecular flexibility index (Phi) is 5.37. The van der Waals surface area contributed by atoms with E-state index >= 15 is 0 Å². The number of aliphatic hydroxyl groups is 1. The topological polar surface area (TPSA) is 62.7 Å². The van der Waals surface area contributed by atoms with Crippen LogP contribution in [0.5, 0.6) is 0 Å². The van der Waals surface area contributed by atoms with Crippen molar-refractivity contribution in [3.63, 3.8) is 0 Å². The van der Waals surface area contributed by atoms with Crippen molar-refractivity contribution in [1.82, 2.24) is 9.88 Å². The molecule has 3 rings (SSSR count). The summed E-state index contributed by atoms with van der Waals surface area (Å²) in [5, 5.41) is 11.2. The number of amides is 1. The van der Waals surface area contributed by atoms with Crippen LogP contribution in [-0.4, -0.2) is 39.8 Å². The van der Waals surface area contributed by atoms with Gasteiger partial charge in [-0.15, -0.1) is 0 Å². The minimum atomic E-state index is -0.782. The number of likely N-dealkylation sites (tertiary alicyclic amines) is 1. The maximum absolute atomic E-state index is 12.3. The molecule has 2 aliphatic rings. The maximum atomic E-state index is 12.3. The number of pyridine rings is 1. The second kappa shape index (κ2) is 7.12. The van der Waals surface area contributed by atoms with Gasteiger partial charge in [-0.1, -0.05) is 0 Å². The third-order valence-electron chi connectivity index (χ3n) is 5.89. The van der Waals surface area contributed by atoms with E-state index in [1.165, 1.54) is 0 Å². The van der Waals surface area contributed by atoms with E-state index in [2.05, 4.69) is 20.9 Å². The summed E-state index contributed by atoms with van der Waals surface area (Å²) >= 11 is 3.52. The van der Waals surface area contributed by atoms with Gasteiger partial charge < -0.3 is 14.7 Å². The molecule has 1 saturated carbocycles. The van der Waals surface area contributed by atoms with Gasteiger partial charge in [-0.25, -0.2) is 4.79 Å². The molecule has 26 heavy (non-hydrogen) atoms. The van der Waals surface area contributed by atoms with Crippen LogP contribution in [0.25, 0.3) is 0 Å². The monoisotopic (exact) mass is 424 g/mol. The van der Waals surface area contributed by atoms with Crippen molar-refractivity contribution in [2.45, 2.75) is 70.5 Å². The van der Waals surface area contributed by atoms with Crippen molar-refractivity contribution in [1.29, 1.82) is 0 Å².